The van der Waals surface area contributed by atoms with E-state index in [9.17, 15) is 26.0 Å². The van der Waals surface area contributed by atoms with Crippen molar-refractivity contribution in [3.8, 4) is 0 Å². The van der Waals surface area contributed by atoms with Crippen molar-refractivity contribution in [1.82, 2.24) is 13.9 Å². The summed E-state index contributed by atoms with van der Waals surface area (Å²) in [5.74, 6) is -1.29. The summed E-state index contributed by atoms with van der Waals surface area (Å²) in [4.78, 5) is 13.5. The number of piperazine rings is 1. The van der Waals surface area contributed by atoms with Gasteiger partial charge in [-0.25, -0.2) is 25.9 Å². The number of halogens is 1. The lowest BCUT2D eigenvalue weighted by Gasteiger charge is -2.34. The zero-order valence-electron chi connectivity index (χ0n) is 17.2. The first-order valence-electron chi connectivity index (χ1n) is 9.62. The summed E-state index contributed by atoms with van der Waals surface area (Å²) in [5, 5.41) is 0. The fraction of sp³-hybridized carbons (Fsp3) is 0.350. The summed E-state index contributed by atoms with van der Waals surface area (Å²) in [7, 11) is -7.87. The van der Waals surface area contributed by atoms with Gasteiger partial charge < -0.3 is 4.90 Å². The van der Waals surface area contributed by atoms with Gasteiger partial charge in [-0.15, -0.1) is 0 Å². The number of sulfonamides is 2. The Kier molecular flexibility index (Phi) is 6.79. The molecule has 1 aliphatic rings. The number of rotatable bonds is 6. The molecule has 8 nitrogen and oxygen atoms in total. The molecule has 168 valence electrons. The number of carbonyl (C=O) groups excluding carboxylic acids is 1. The van der Waals surface area contributed by atoms with Gasteiger partial charge in [-0.1, -0.05) is 18.2 Å². The Bertz CT molecular complexity index is 1190. The van der Waals surface area contributed by atoms with Crippen LogP contribution in [0.25, 0.3) is 0 Å². The van der Waals surface area contributed by atoms with Crippen LogP contribution in [0.1, 0.15) is 11.1 Å². The first-order valence-corrected chi connectivity index (χ1v) is 12.5. The molecule has 1 N–H and O–H groups in total. The molecule has 0 saturated carbocycles. The standard InChI is InChI=1S/C20H24FN3O5S2/c1-15-7-8-17(13-16(15)2)30(26,27)22-14-20(25)23-9-11-24(12-10-23)31(28,29)19-6-4-3-5-18(19)21/h3-8,13,22H,9-12,14H2,1-2H3. The van der Waals surface area contributed by atoms with Crippen LogP contribution < -0.4 is 4.72 Å². The van der Waals surface area contributed by atoms with Crippen LogP contribution in [0.15, 0.2) is 52.3 Å². The largest absolute Gasteiger partial charge is 0.339 e. The first-order chi connectivity index (χ1) is 14.5. The molecule has 1 fully saturated rings. The van der Waals surface area contributed by atoms with Gasteiger partial charge in [0.2, 0.25) is 26.0 Å². The van der Waals surface area contributed by atoms with Crippen molar-refractivity contribution < 1.29 is 26.0 Å². The minimum atomic E-state index is -4.01. The highest BCUT2D eigenvalue weighted by molar-refractivity contribution is 7.89. The second-order valence-electron chi connectivity index (χ2n) is 7.29. The minimum absolute atomic E-state index is 0.00762. The predicted molar refractivity (Wildman–Crippen MR) is 113 cm³/mol. The van der Waals surface area contributed by atoms with E-state index in [1.54, 1.807) is 13.0 Å². The molecule has 3 rings (SSSR count). The first kappa shape index (κ1) is 23.3. The maximum Gasteiger partial charge on any atom is 0.246 e. The van der Waals surface area contributed by atoms with Crippen LogP contribution in [-0.4, -0.2) is 64.7 Å². The Morgan fingerprint density at radius 3 is 2.23 bits per heavy atom. The van der Waals surface area contributed by atoms with Crippen LogP contribution in [0.3, 0.4) is 0 Å². The van der Waals surface area contributed by atoms with Crippen LogP contribution in [0.2, 0.25) is 0 Å². The third-order valence-corrected chi connectivity index (χ3v) is 8.58. The van der Waals surface area contributed by atoms with Gasteiger partial charge in [-0.2, -0.15) is 4.31 Å². The molecule has 0 atom stereocenters. The quantitative estimate of drug-likeness (QED) is 0.686. The van der Waals surface area contributed by atoms with Crippen molar-refractivity contribution in [3.63, 3.8) is 0 Å². The number of nitrogens with one attached hydrogen (secondary N) is 1. The highest BCUT2D eigenvalue weighted by Crippen LogP contribution is 2.20. The lowest BCUT2D eigenvalue weighted by atomic mass is 10.1. The summed E-state index contributed by atoms with van der Waals surface area (Å²) >= 11 is 0. The predicted octanol–water partition coefficient (Wildman–Crippen LogP) is 1.25. The molecule has 0 bridgehead atoms. The van der Waals surface area contributed by atoms with Crippen molar-refractivity contribution in [2.75, 3.05) is 32.7 Å². The molecular formula is C20H24FN3O5S2. The molecule has 0 spiro atoms. The van der Waals surface area contributed by atoms with E-state index in [1.807, 2.05) is 6.92 Å². The number of nitrogens with zero attached hydrogens (tertiary/aromatic N) is 2. The summed E-state index contributed by atoms with van der Waals surface area (Å²) < 4.78 is 67.5. The Labute approximate surface area is 181 Å². The van der Waals surface area contributed by atoms with Crippen LogP contribution in [0.5, 0.6) is 0 Å². The average molecular weight is 470 g/mol. The van der Waals surface area contributed by atoms with E-state index >= 15 is 0 Å². The van der Waals surface area contributed by atoms with Crippen LogP contribution in [0.4, 0.5) is 4.39 Å². The molecule has 11 heteroatoms. The summed E-state index contributed by atoms with van der Waals surface area (Å²) in [6.07, 6.45) is 0. The Hall–Kier alpha value is -2.34. The molecule has 2 aromatic rings. The number of aryl methyl sites for hydroxylation is 2. The second-order valence-corrected chi connectivity index (χ2v) is 11.0. The molecule has 2 aromatic carbocycles. The summed E-state index contributed by atoms with van der Waals surface area (Å²) in [6, 6.07) is 9.83. The average Bonchev–Trinajstić information content (AvgIpc) is 2.74. The van der Waals surface area contributed by atoms with Crippen molar-refractivity contribution in [1.29, 1.82) is 0 Å². The Balaban J connectivity index is 1.59. The maximum absolute atomic E-state index is 13.9. The third-order valence-electron chi connectivity index (χ3n) is 5.25. The summed E-state index contributed by atoms with van der Waals surface area (Å²) in [5.41, 5.74) is 1.78. The van der Waals surface area contributed by atoms with Crippen LogP contribution >= 0.6 is 0 Å². The van der Waals surface area contributed by atoms with E-state index < -0.39 is 43.2 Å². The molecule has 31 heavy (non-hydrogen) atoms. The van der Waals surface area contributed by atoms with Gasteiger partial charge in [-0.05, 0) is 49.2 Å². The molecule has 1 heterocycles. The number of hydrogen-bond acceptors (Lipinski definition) is 5. The molecule has 0 radical (unpaired) electrons. The second kappa shape index (κ2) is 9.03. The van der Waals surface area contributed by atoms with Gasteiger partial charge in [0, 0.05) is 26.2 Å². The van der Waals surface area contributed by atoms with Gasteiger partial charge in [0.05, 0.1) is 11.4 Å². The number of amides is 1. The minimum Gasteiger partial charge on any atom is -0.339 e. The number of hydrogen-bond donors (Lipinski definition) is 1. The molecule has 1 aliphatic heterocycles. The SMILES string of the molecule is Cc1ccc(S(=O)(=O)NCC(=O)N2CCN(S(=O)(=O)c3ccccc3F)CC2)cc1C. The fourth-order valence-electron chi connectivity index (χ4n) is 3.20. The molecule has 0 aliphatic carbocycles. The van der Waals surface area contributed by atoms with Crippen molar-refractivity contribution in [2.45, 2.75) is 23.6 Å². The fourth-order valence-corrected chi connectivity index (χ4v) is 5.75. The van der Waals surface area contributed by atoms with E-state index in [2.05, 4.69) is 4.72 Å². The van der Waals surface area contributed by atoms with Gasteiger partial charge in [0.1, 0.15) is 10.7 Å². The van der Waals surface area contributed by atoms with Gasteiger partial charge in [0.15, 0.2) is 0 Å². The van der Waals surface area contributed by atoms with Gasteiger partial charge >= 0.3 is 0 Å². The van der Waals surface area contributed by atoms with Crippen molar-refractivity contribution >= 4 is 26.0 Å². The molecule has 0 aromatic heterocycles. The van der Waals surface area contributed by atoms with E-state index in [-0.39, 0.29) is 31.1 Å². The molecule has 1 saturated heterocycles. The molecular weight excluding hydrogens is 445 g/mol. The molecule has 0 unspecified atom stereocenters. The highest BCUT2D eigenvalue weighted by atomic mass is 32.2. The van der Waals surface area contributed by atoms with Gasteiger partial charge in [-0.3, -0.25) is 4.79 Å². The van der Waals surface area contributed by atoms with Crippen LogP contribution in [-0.2, 0) is 24.8 Å². The van der Waals surface area contributed by atoms with E-state index in [1.165, 1.54) is 35.2 Å². The van der Waals surface area contributed by atoms with Crippen molar-refractivity contribution in [2.24, 2.45) is 0 Å². The van der Waals surface area contributed by atoms with Gasteiger partial charge in [0.25, 0.3) is 0 Å². The zero-order chi connectivity index (χ0) is 22.8. The summed E-state index contributed by atoms with van der Waals surface area (Å²) in [6.45, 7) is 3.38. The highest BCUT2D eigenvalue weighted by Gasteiger charge is 2.32. The smallest absolute Gasteiger partial charge is 0.246 e. The number of carbonyl (C=O) groups is 1. The number of benzene rings is 2. The van der Waals surface area contributed by atoms with E-state index in [4.69, 9.17) is 0 Å². The van der Waals surface area contributed by atoms with E-state index in [0.29, 0.717) is 0 Å². The van der Waals surface area contributed by atoms with E-state index in [0.717, 1.165) is 21.5 Å². The monoisotopic (exact) mass is 469 g/mol. The molecule has 1 amide bonds. The Morgan fingerprint density at radius 2 is 1.61 bits per heavy atom. The Morgan fingerprint density at radius 1 is 0.968 bits per heavy atom. The van der Waals surface area contributed by atoms with Crippen molar-refractivity contribution in [3.05, 3.63) is 59.4 Å². The third kappa shape index (κ3) is 5.12. The normalized spacial score (nSPS) is 15.8. The maximum atomic E-state index is 13.9. The zero-order valence-corrected chi connectivity index (χ0v) is 18.8. The topological polar surface area (TPSA) is 104 Å². The lowest BCUT2D eigenvalue weighted by Crippen LogP contribution is -2.52. The van der Waals surface area contributed by atoms with Crippen LogP contribution in [0, 0.1) is 19.7 Å². The lowest BCUT2D eigenvalue weighted by molar-refractivity contribution is -0.131.